The van der Waals surface area contributed by atoms with Crippen LogP contribution in [0.2, 0.25) is 0 Å². The average Bonchev–Trinajstić information content (AvgIpc) is 2.98. The number of carbonyl (C=O) groups is 2. The van der Waals surface area contributed by atoms with E-state index in [0.29, 0.717) is 12.5 Å². The fourth-order valence-corrected chi connectivity index (χ4v) is 4.54. The lowest BCUT2D eigenvalue weighted by molar-refractivity contribution is 0.0585. The summed E-state index contributed by atoms with van der Waals surface area (Å²) in [4.78, 5) is 31.2. The minimum Gasteiger partial charge on any atom is -0.385 e. The fourth-order valence-electron chi connectivity index (χ4n) is 4.54. The molecule has 1 N–H and O–H groups in total. The van der Waals surface area contributed by atoms with Crippen LogP contribution in [0.15, 0.2) is 18.2 Å². The van der Waals surface area contributed by atoms with E-state index in [0.717, 1.165) is 56.6 Å². The predicted molar refractivity (Wildman–Crippen MR) is 101 cm³/mol. The second-order valence-corrected chi connectivity index (χ2v) is 8.04. The molecule has 26 heavy (non-hydrogen) atoms. The van der Waals surface area contributed by atoms with Gasteiger partial charge in [0.05, 0.1) is 0 Å². The van der Waals surface area contributed by atoms with E-state index in [9.17, 15) is 9.59 Å². The van der Waals surface area contributed by atoms with Crippen molar-refractivity contribution in [1.29, 1.82) is 0 Å². The van der Waals surface area contributed by atoms with Crippen LogP contribution >= 0.6 is 0 Å². The number of hydrogen-bond acceptors (Lipinski definition) is 3. The lowest BCUT2D eigenvalue weighted by Gasteiger charge is -2.36. The summed E-state index contributed by atoms with van der Waals surface area (Å²) in [5.74, 6) is 0.494. The molecule has 3 saturated heterocycles. The number of fused-ring (bicyclic) bond motifs is 5. The molecule has 4 aliphatic heterocycles. The highest BCUT2D eigenvalue weighted by molar-refractivity contribution is 5.95. The van der Waals surface area contributed by atoms with Crippen molar-refractivity contribution in [2.24, 2.45) is 5.92 Å². The zero-order valence-corrected chi connectivity index (χ0v) is 15.7. The molecule has 4 heterocycles. The third-order valence-electron chi connectivity index (χ3n) is 5.92. The minimum atomic E-state index is 0.0519. The number of nitrogens with zero attached hydrogens (tertiary/aromatic N) is 3. The molecule has 3 amide bonds. The minimum absolute atomic E-state index is 0.0519. The van der Waals surface area contributed by atoms with Crippen molar-refractivity contribution in [3.63, 3.8) is 0 Å². The van der Waals surface area contributed by atoms with E-state index >= 15 is 0 Å². The normalized spacial score (nSPS) is 24.5. The summed E-state index contributed by atoms with van der Waals surface area (Å²) in [6.07, 6.45) is 4.22. The van der Waals surface area contributed by atoms with Crippen molar-refractivity contribution in [3.05, 3.63) is 29.3 Å². The summed E-state index contributed by atoms with van der Waals surface area (Å²) < 4.78 is 0. The third kappa shape index (κ3) is 3.13. The van der Waals surface area contributed by atoms with Gasteiger partial charge in [0, 0.05) is 57.6 Å². The number of hydrogen-bond donors (Lipinski definition) is 1. The molecule has 2 atom stereocenters. The van der Waals surface area contributed by atoms with Gasteiger partial charge in [-0.1, -0.05) is 0 Å². The summed E-state index contributed by atoms with van der Waals surface area (Å²) in [5, 5.41) is 3.40. The summed E-state index contributed by atoms with van der Waals surface area (Å²) in [6, 6.07) is 6.22. The van der Waals surface area contributed by atoms with E-state index in [2.05, 4.69) is 11.4 Å². The van der Waals surface area contributed by atoms with Crippen LogP contribution in [-0.4, -0.2) is 73.0 Å². The number of urea groups is 1. The van der Waals surface area contributed by atoms with Crippen molar-refractivity contribution < 1.29 is 9.59 Å². The van der Waals surface area contributed by atoms with Crippen LogP contribution in [-0.2, 0) is 6.42 Å². The lowest BCUT2D eigenvalue weighted by atomic mass is 9.93. The Labute approximate surface area is 155 Å². The number of anilines is 1. The van der Waals surface area contributed by atoms with Gasteiger partial charge in [-0.3, -0.25) is 4.79 Å². The monoisotopic (exact) mass is 356 g/mol. The molecule has 0 spiro atoms. The molecule has 1 aromatic carbocycles. The Bertz CT molecular complexity index is 718. The zero-order valence-electron chi connectivity index (χ0n) is 15.7. The Balaban J connectivity index is 1.54. The van der Waals surface area contributed by atoms with Crippen LogP contribution in [0.25, 0.3) is 0 Å². The third-order valence-corrected chi connectivity index (χ3v) is 5.92. The molecule has 2 bridgehead atoms. The van der Waals surface area contributed by atoms with Crippen LogP contribution in [0.3, 0.4) is 0 Å². The lowest BCUT2D eigenvalue weighted by Crippen LogP contribution is -2.48. The highest BCUT2D eigenvalue weighted by Crippen LogP contribution is 2.31. The molecule has 6 heteroatoms. The molecule has 3 fully saturated rings. The number of amides is 3. The van der Waals surface area contributed by atoms with Gasteiger partial charge in [0.15, 0.2) is 0 Å². The Morgan fingerprint density at radius 1 is 1.15 bits per heavy atom. The molecular formula is C20H28N4O2. The first-order valence-electron chi connectivity index (χ1n) is 9.67. The van der Waals surface area contributed by atoms with E-state index in [1.807, 2.05) is 21.9 Å². The van der Waals surface area contributed by atoms with Gasteiger partial charge in [-0.15, -0.1) is 0 Å². The van der Waals surface area contributed by atoms with Gasteiger partial charge in [-0.25, -0.2) is 4.79 Å². The van der Waals surface area contributed by atoms with Gasteiger partial charge in [-0.2, -0.15) is 0 Å². The largest absolute Gasteiger partial charge is 0.385 e. The molecule has 0 unspecified atom stereocenters. The van der Waals surface area contributed by atoms with Gasteiger partial charge >= 0.3 is 6.03 Å². The van der Waals surface area contributed by atoms with Crippen molar-refractivity contribution in [2.45, 2.75) is 31.7 Å². The molecule has 140 valence electrons. The molecule has 0 aromatic heterocycles. The molecular weight excluding hydrogens is 328 g/mol. The van der Waals surface area contributed by atoms with E-state index in [4.69, 9.17) is 0 Å². The predicted octanol–water partition coefficient (Wildman–Crippen LogP) is 2.26. The second-order valence-electron chi connectivity index (χ2n) is 8.04. The highest BCUT2D eigenvalue weighted by atomic mass is 16.2. The molecule has 4 aliphatic rings. The highest BCUT2D eigenvalue weighted by Gasteiger charge is 2.39. The Morgan fingerprint density at radius 3 is 2.81 bits per heavy atom. The second kappa shape index (κ2) is 6.82. The van der Waals surface area contributed by atoms with Crippen LogP contribution in [0, 0.1) is 5.92 Å². The first-order valence-corrected chi connectivity index (χ1v) is 9.67. The molecule has 6 nitrogen and oxygen atoms in total. The number of nitrogens with one attached hydrogen (secondary N) is 1. The number of carbonyl (C=O) groups excluding carboxylic acids is 2. The van der Waals surface area contributed by atoms with Crippen molar-refractivity contribution in [1.82, 2.24) is 14.7 Å². The van der Waals surface area contributed by atoms with Crippen molar-refractivity contribution in [3.8, 4) is 0 Å². The van der Waals surface area contributed by atoms with E-state index in [1.54, 1.807) is 19.0 Å². The Kier molecular flexibility index (Phi) is 4.51. The summed E-state index contributed by atoms with van der Waals surface area (Å²) in [6.45, 7) is 3.17. The van der Waals surface area contributed by atoms with Crippen LogP contribution < -0.4 is 5.32 Å². The number of benzene rings is 1. The van der Waals surface area contributed by atoms with Crippen LogP contribution in [0.5, 0.6) is 0 Å². The van der Waals surface area contributed by atoms with E-state index < -0.39 is 0 Å². The van der Waals surface area contributed by atoms with E-state index in [-0.39, 0.29) is 18.0 Å². The number of aryl methyl sites for hydroxylation is 1. The quantitative estimate of drug-likeness (QED) is 0.840. The summed E-state index contributed by atoms with van der Waals surface area (Å²) in [5.41, 5.74) is 3.19. The van der Waals surface area contributed by atoms with Crippen LogP contribution in [0.4, 0.5) is 10.5 Å². The standard InChI is InChI=1S/C20H28N4O2/c1-22(2)20(26)23-11-14-5-7-17(13-23)24(12-14)19(25)16-6-8-18-15(10-16)4-3-9-21-18/h6,8,10,14,17,21H,3-5,7,9,11-13H2,1-2H3/t14-,17+/m0/s1. The van der Waals surface area contributed by atoms with Gasteiger partial charge in [0.25, 0.3) is 5.91 Å². The average molecular weight is 356 g/mol. The maximum Gasteiger partial charge on any atom is 0.319 e. The Hall–Kier alpha value is -2.24. The molecule has 1 aromatic rings. The van der Waals surface area contributed by atoms with Gasteiger partial charge in [0.1, 0.15) is 0 Å². The number of piperidine rings is 1. The summed E-state index contributed by atoms with van der Waals surface area (Å²) >= 11 is 0. The smallest absolute Gasteiger partial charge is 0.319 e. The van der Waals surface area contributed by atoms with Crippen LogP contribution in [0.1, 0.15) is 35.2 Å². The van der Waals surface area contributed by atoms with Gasteiger partial charge in [0.2, 0.25) is 0 Å². The maximum atomic E-state index is 13.2. The molecule has 0 radical (unpaired) electrons. The molecule has 0 aliphatic carbocycles. The zero-order chi connectivity index (χ0) is 18.3. The SMILES string of the molecule is CN(C)C(=O)N1C[C@@H]2CC[C@H](C1)N(C(=O)c1ccc3c(c1)CCCN3)C2. The number of rotatable bonds is 1. The topological polar surface area (TPSA) is 55.9 Å². The van der Waals surface area contributed by atoms with Crippen molar-refractivity contribution in [2.75, 3.05) is 45.6 Å². The maximum absolute atomic E-state index is 13.2. The first kappa shape index (κ1) is 17.2. The van der Waals surface area contributed by atoms with Gasteiger partial charge < -0.3 is 20.0 Å². The molecule has 0 saturated carbocycles. The van der Waals surface area contributed by atoms with E-state index in [1.165, 1.54) is 5.56 Å². The fraction of sp³-hybridized carbons (Fsp3) is 0.600. The Morgan fingerprint density at radius 2 is 2.00 bits per heavy atom. The summed E-state index contributed by atoms with van der Waals surface area (Å²) in [7, 11) is 3.58. The van der Waals surface area contributed by atoms with Gasteiger partial charge in [-0.05, 0) is 55.4 Å². The first-order chi connectivity index (χ1) is 12.5. The van der Waals surface area contributed by atoms with Crippen molar-refractivity contribution >= 4 is 17.6 Å². The molecule has 5 rings (SSSR count).